The Balaban J connectivity index is 1.73. The number of hydrogen-bond acceptors (Lipinski definition) is 5. The molecule has 0 aliphatic heterocycles. The number of hydrogen-bond donors (Lipinski definition) is 1. The molecule has 1 aromatic carbocycles. The number of thioether (sulfide) groups is 1. The lowest BCUT2D eigenvalue weighted by Crippen LogP contribution is -2.17. The fourth-order valence-corrected chi connectivity index (χ4v) is 5.11. The van der Waals surface area contributed by atoms with E-state index in [1.165, 1.54) is 42.3 Å². The van der Waals surface area contributed by atoms with Crippen molar-refractivity contribution in [3.63, 3.8) is 0 Å². The minimum absolute atomic E-state index is 0.186. The lowest BCUT2D eigenvalue weighted by Gasteiger charge is -2.18. The van der Waals surface area contributed by atoms with Gasteiger partial charge in [0.1, 0.15) is 10.8 Å². The van der Waals surface area contributed by atoms with Gasteiger partial charge in [-0.1, -0.05) is 6.92 Å². The van der Waals surface area contributed by atoms with Gasteiger partial charge in [-0.2, -0.15) is 0 Å². The number of esters is 1. The molecular formula is C19H20FNO3S2. The average molecular weight is 394 g/mol. The molecule has 2 aromatic rings. The largest absolute Gasteiger partial charge is 0.465 e. The number of carbonyl (C=O) groups excluding carboxylic acids is 2. The number of methoxy groups -OCH3 is 1. The molecule has 138 valence electrons. The Morgan fingerprint density at radius 1 is 1.35 bits per heavy atom. The van der Waals surface area contributed by atoms with Gasteiger partial charge < -0.3 is 10.1 Å². The SMILES string of the molecule is COC(=O)c1c(NC(=O)CSc2ccc(F)cc2)sc2c1CC[C@@H](C)C2. The van der Waals surface area contributed by atoms with E-state index >= 15 is 0 Å². The van der Waals surface area contributed by atoms with Crippen LogP contribution in [0.5, 0.6) is 0 Å². The maximum Gasteiger partial charge on any atom is 0.341 e. The number of halogens is 1. The highest BCUT2D eigenvalue weighted by Crippen LogP contribution is 2.40. The first-order chi connectivity index (χ1) is 12.5. The molecule has 0 unspecified atom stereocenters. The van der Waals surface area contributed by atoms with Crippen molar-refractivity contribution in [3.05, 3.63) is 46.1 Å². The van der Waals surface area contributed by atoms with Crippen LogP contribution >= 0.6 is 23.1 Å². The van der Waals surface area contributed by atoms with E-state index in [2.05, 4.69) is 12.2 Å². The quantitative estimate of drug-likeness (QED) is 0.599. The lowest BCUT2D eigenvalue weighted by molar-refractivity contribution is -0.113. The van der Waals surface area contributed by atoms with Crippen LogP contribution in [0.1, 0.15) is 34.1 Å². The van der Waals surface area contributed by atoms with Crippen LogP contribution in [0.2, 0.25) is 0 Å². The van der Waals surface area contributed by atoms with Crippen molar-refractivity contribution in [1.82, 2.24) is 0 Å². The van der Waals surface area contributed by atoms with Crippen molar-refractivity contribution < 1.29 is 18.7 Å². The summed E-state index contributed by atoms with van der Waals surface area (Å²) in [6.07, 6.45) is 2.78. The first-order valence-electron chi connectivity index (χ1n) is 8.39. The number of carbonyl (C=O) groups is 2. The smallest absolute Gasteiger partial charge is 0.341 e. The Bertz CT molecular complexity index is 817. The number of fused-ring (bicyclic) bond motifs is 1. The summed E-state index contributed by atoms with van der Waals surface area (Å²) < 4.78 is 17.9. The van der Waals surface area contributed by atoms with Crippen molar-refractivity contribution in [2.45, 2.75) is 31.1 Å². The molecule has 0 spiro atoms. The molecule has 0 radical (unpaired) electrons. The van der Waals surface area contributed by atoms with Crippen LogP contribution in [0.25, 0.3) is 0 Å². The Kier molecular flexibility index (Phi) is 5.98. The number of thiophene rings is 1. The van der Waals surface area contributed by atoms with Crippen molar-refractivity contribution >= 4 is 40.0 Å². The van der Waals surface area contributed by atoms with E-state index in [4.69, 9.17) is 4.74 Å². The number of rotatable bonds is 5. The van der Waals surface area contributed by atoms with E-state index in [9.17, 15) is 14.0 Å². The topological polar surface area (TPSA) is 55.4 Å². The molecule has 1 atom stereocenters. The highest BCUT2D eigenvalue weighted by Gasteiger charge is 2.28. The molecule has 0 fully saturated rings. The minimum Gasteiger partial charge on any atom is -0.465 e. The summed E-state index contributed by atoms with van der Waals surface area (Å²) in [6, 6.07) is 6.00. The van der Waals surface area contributed by atoms with Gasteiger partial charge in [0.25, 0.3) is 0 Å². The number of benzene rings is 1. The Labute approximate surface area is 160 Å². The summed E-state index contributed by atoms with van der Waals surface area (Å²) in [4.78, 5) is 26.5. The zero-order chi connectivity index (χ0) is 18.7. The van der Waals surface area contributed by atoms with Gasteiger partial charge >= 0.3 is 5.97 Å². The second-order valence-corrected chi connectivity index (χ2v) is 8.49. The lowest BCUT2D eigenvalue weighted by atomic mass is 9.88. The van der Waals surface area contributed by atoms with Crippen molar-refractivity contribution in [3.8, 4) is 0 Å². The average Bonchev–Trinajstić information content (AvgIpc) is 2.97. The number of ether oxygens (including phenoxy) is 1. The third-order valence-electron chi connectivity index (χ3n) is 4.34. The van der Waals surface area contributed by atoms with E-state index in [1.54, 1.807) is 12.1 Å². The fourth-order valence-electron chi connectivity index (χ4n) is 3.00. The molecule has 0 saturated heterocycles. The van der Waals surface area contributed by atoms with Crippen LogP contribution in [-0.2, 0) is 22.4 Å². The van der Waals surface area contributed by atoms with E-state index in [0.29, 0.717) is 16.5 Å². The van der Waals surface area contributed by atoms with Crippen LogP contribution < -0.4 is 5.32 Å². The molecule has 4 nitrogen and oxygen atoms in total. The standard InChI is InChI=1S/C19H20FNO3S2/c1-11-3-8-14-15(9-11)26-18(17(14)19(23)24-2)21-16(22)10-25-13-6-4-12(20)5-7-13/h4-7,11H,3,8-10H2,1-2H3,(H,21,22)/t11-/m1/s1. The molecule has 0 bridgehead atoms. The van der Waals surface area contributed by atoms with E-state index in [0.717, 1.165) is 34.6 Å². The summed E-state index contributed by atoms with van der Waals surface area (Å²) in [6.45, 7) is 2.19. The number of nitrogens with one attached hydrogen (secondary N) is 1. The normalized spacial score (nSPS) is 16.0. The summed E-state index contributed by atoms with van der Waals surface area (Å²) in [5, 5.41) is 3.43. The molecular weight excluding hydrogens is 373 g/mol. The predicted octanol–water partition coefficient (Wildman–Crippen LogP) is 4.53. The third-order valence-corrected chi connectivity index (χ3v) is 6.52. The predicted molar refractivity (Wildman–Crippen MR) is 103 cm³/mol. The highest BCUT2D eigenvalue weighted by molar-refractivity contribution is 8.00. The Morgan fingerprint density at radius 2 is 2.08 bits per heavy atom. The zero-order valence-corrected chi connectivity index (χ0v) is 16.3. The maximum atomic E-state index is 12.9. The van der Waals surface area contributed by atoms with Gasteiger partial charge in [0.15, 0.2) is 0 Å². The van der Waals surface area contributed by atoms with Crippen LogP contribution in [0, 0.1) is 11.7 Å². The van der Waals surface area contributed by atoms with Crippen molar-refractivity contribution in [2.75, 3.05) is 18.2 Å². The maximum absolute atomic E-state index is 12.9. The van der Waals surface area contributed by atoms with Crippen LogP contribution in [-0.4, -0.2) is 24.7 Å². The molecule has 1 aliphatic rings. The monoisotopic (exact) mass is 393 g/mol. The molecule has 1 aromatic heterocycles. The molecule has 1 heterocycles. The van der Waals surface area contributed by atoms with Gasteiger partial charge in [-0.25, -0.2) is 9.18 Å². The minimum atomic E-state index is -0.404. The molecule has 0 saturated carbocycles. The van der Waals surface area contributed by atoms with Crippen LogP contribution in [0.3, 0.4) is 0 Å². The molecule has 7 heteroatoms. The Hall–Kier alpha value is -1.86. The van der Waals surface area contributed by atoms with Crippen molar-refractivity contribution in [2.24, 2.45) is 5.92 Å². The number of anilines is 1. The van der Waals surface area contributed by atoms with E-state index < -0.39 is 5.97 Å². The second kappa shape index (κ2) is 8.22. The van der Waals surface area contributed by atoms with Gasteiger partial charge in [-0.15, -0.1) is 23.1 Å². The first-order valence-corrected chi connectivity index (χ1v) is 10.2. The summed E-state index contributed by atoms with van der Waals surface area (Å²) in [5.41, 5.74) is 1.51. The molecule has 1 N–H and O–H groups in total. The highest BCUT2D eigenvalue weighted by atomic mass is 32.2. The summed E-state index contributed by atoms with van der Waals surface area (Å²) >= 11 is 2.79. The summed E-state index contributed by atoms with van der Waals surface area (Å²) in [7, 11) is 1.35. The third kappa shape index (κ3) is 4.27. The summed E-state index contributed by atoms with van der Waals surface area (Å²) in [5.74, 6) is -0.149. The van der Waals surface area contributed by atoms with Crippen molar-refractivity contribution in [1.29, 1.82) is 0 Å². The molecule has 3 rings (SSSR count). The van der Waals surface area contributed by atoms with E-state index in [1.807, 2.05) is 0 Å². The zero-order valence-electron chi connectivity index (χ0n) is 14.6. The molecule has 1 aliphatic carbocycles. The Morgan fingerprint density at radius 3 is 2.77 bits per heavy atom. The van der Waals surface area contributed by atoms with Gasteiger partial charge in [0.2, 0.25) is 5.91 Å². The fraction of sp³-hybridized carbons (Fsp3) is 0.368. The van der Waals surface area contributed by atoms with E-state index in [-0.39, 0.29) is 17.5 Å². The number of amides is 1. The van der Waals surface area contributed by atoms with Gasteiger partial charge in [0.05, 0.1) is 18.4 Å². The molecule has 1 amide bonds. The van der Waals surface area contributed by atoms with Gasteiger partial charge in [-0.3, -0.25) is 4.79 Å². The van der Waals surface area contributed by atoms with Gasteiger partial charge in [0, 0.05) is 9.77 Å². The molecule has 26 heavy (non-hydrogen) atoms. The van der Waals surface area contributed by atoms with Crippen LogP contribution in [0.15, 0.2) is 29.2 Å². The van der Waals surface area contributed by atoms with Gasteiger partial charge in [-0.05, 0) is 55.0 Å². The second-order valence-electron chi connectivity index (χ2n) is 6.34. The first kappa shape index (κ1) is 18.9. The van der Waals surface area contributed by atoms with Crippen LogP contribution in [0.4, 0.5) is 9.39 Å².